The molecule has 2 saturated heterocycles. The molecule has 4 atom stereocenters. The zero-order valence-electron chi connectivity index (χ0n) is 17.9. The number of likely N-dealkylation sites (tertiary alicyclic amines) is 1. The molecule has 0 saturated carbocycles. The number of carbonyl (C=O) groups is 1. The lowest BCUT2D eigenvalue weighted by Gasteiger charge is -2.24. The van der Waals surface area contributed by atoms with Crippen LogP contribution in [0.25, 0.3) is 0 Å². The molecular weight excluding hydrogens is 370 g/mol. The number of carbonyl (C=O) groups excluding carboxylic acids is 1. The Balaban J connectivity index is 1.35. The normalized spacial score (nSPS) is 26.7. The molecule has 0 aliphatic carbocycles. The topological polar surface area (TPSA) is 68.2 Å². The second-order valence-corrected chi connectivity index (χ2v) is 8.85. The molecule has 0 spiro atoms. The van der Waals surface area contributed by atoms with Crippen molar-refractivity contribution < 1.29 is 24.1 Å². The first kappa shape index (κ1) is 22.4. The molecule has 0 radical (unpaired) electrons. The Kier molecular flexibility index (Phi) is 7.82. The van der Waals surface area contributed by atoms with E-state index in [0.29, 0.717) is 19.6 Å². The third-order valence-electron chi connectivity index (χ3n) is 5.69. The van der Waals surface area contributed by atoms with Crippen LogP contribution in [-0.2, 0) is 25.6 Å². The van der Waals surface area contributed by atoms with Crippen LogP contribution >= 0.6 is 0 Å². The van der Waals surface area contributed by atoms with Crippen molar-refractivity contribution in [2.75, 3.05) is 19.6 Å². The van der Waals surface area contributed by atoms with Crippen LogP contribution in [0.3, 0.4) is 0 Å². The monoisotopic (exact) mass is 405 g/mol. The van der Waals surface area contributed by atoms with Gasteiger partial charge in [0.25, 0.3) is 0 Å². The molecular formula is C23H35NO5. The Morgan fingerprint density at radius 2 is 1.93 bits per heavy atom. The van der Waals surface area contributed by atoms with E-state index in [1.54, 1.807) is 0 Å². The van der Waals surface area contributed by atoms with E-state index in [4.69, 9.17) is 14.2 Å². The van der Waals surface area contributed by atoms with Gasteiger partial charge in [0.2, 0.25) is 0 Å². The lowest BCUT2D eigenvalue weighted by Crippen LogP contribution is -2.36. The first-order chi connectivity index (χ1) is 13.8. The number of Topliss-reactive ketones (excluding diaryl/α,β-unsaturated/α-hetero) is 1. The SMILES string of the molecule is C[C@@H](CCCCN1CC(=O)C[C@@H]2OC(C)(C)O[C@@H]2C1)C(O)OCc1ccccc1. The summed E-state index contributed by atoms with van der Waals surface area (Å²) in [5.74, 6) is -0.317. The Hall–Kier alpha value is -1.31. The zero-order valence-corrected chi connectivity index (χ0v) is 17.9. The number of hydrogen-bond donors (Lipinski definition) is 1. The summed E-state index contributed by atoms with van der Waals surface area (Å²) in [4.78, 5) is 14.4. The molecule has 2 aliphatic rings. The van der Waals surface area contributed by atoms with Gasteiger partial charge in [-0.05, 0) is 38.8 Å². The number of ether oxygens (including phenoxy) is 3. The van der Waals surface area contributed by atoms with E-state index in [1.165, 1.54) is 0 Å². The maximum atomic E-state index is 12.2. The average Bonchev–Trinajstić information content (AvgIpc) is 2.87. The highest BCUT2D eigenvalue weighted by molar-refractivity contribution is 5.81. The highest BCUT2D eigenvalue weighted by atomic mass is 16.8. The molecule has 2 heterocycles. The van der Waals surface area contributed by atoms with Crippen LogP contribution in [0.1, 0.15) is 52.0 Å². The highest BCUT2D eigenvalue weighted by Crippen LogP contribution is 2.32. The predicted molar refractivity (Wildman–Crippen MR) is 110 cm³/mol. The van der Waals surface area contributed by atoms with Crippen LogP contribution in [0.5, 0.6) is 0 Å². The highest BCUT2D eigenvalue weighted by Gasteiger charge is 2.44. The summed E-state index contributed by atoms with van der Waals surface area (Å²) in [6.45, 7) is 8.31. The van der Waals surface area contributed by atoms with Crippen LogP contribution in [0, 0.1) is 5.92 Å². The van der Waals surface area contributed by atoms with Gasteiger partial charge in [-0.3, -0.25) is 9.69 Å². The van der Waals surface area contributed by atoms with Crippen LogP contribution in [0.15, 0.2) is 30.3 Å². The van der Waals surface area contributed by atoms with Crippen molar-refractivity contribution in [3.63, 3.8) is 0 Å². The molecule has 0 bridgehead atoms. The Bertz CT molecular complexity index is 650. The number of benzene rings is 1. The van der Waals surface area contributed by atoms with Crippen molar-refractivity contribution in [2.45, 2.75) is 77.3 Å². The van der Waals surface area contributed by atoms with Gasteiger partial charge in [-0.25, -0.2) is 0 Å². The molecule has 29 heavy (non-hydrogen) atoms. The molecule has 1 unspecified atom stereocenters. The first-order valence-electron chi connectivity index (χ1n) is 10.8. The molecule has 1 aromatic rings. The average molecular weight is 406 g/mol. The van der Waals surface area contributed by atoms with Gasteiger partial charge < -0.3 is 19.3 Å². The second-order valence-electron chi connectivity index (χ2n) is 8.85. The predicted octanol–water partition coefficient (Wildman–Crippen LogP) is 3.12. The number of unbranched alkanes of at least 4 members (excludes halogenated alkanes) is 1. The number of ketones is 1. The summed E-state index contributed by atoms with van der Waals surface area (Å²) in [6.07, 6.45) is 2.35. The van der Waals surface area contributed by atoms with E-state index in [9.17, 15) is 9.90 Å². The molecule has 1 aromatic carbocycles. The maximum absolute atomic E-state index is 12.2. The van der Waals surface area contributed by atoms with Crippen molar-refractivity contribution in [1.82, 2.24) is 4.90 Å². The van der Waals surface area contributed by atoms with Gasteiger partial charge in [-0.15, -0.1) is 0 Å². The van der Waals surface area contributed by atoms with E-state index >= 15 is 0 Å². The van der Waals surface area contributed by atoms with Gasteiger partial charge in [0.05, 0.1) is 19.3 Å². The van der Waals surface area contributed by atoms with E-state index in [2.05, 4.69) is 4.90 Å². The Morgan fingerprint density at radius 1 is 1.21 bits per heavy atom. The molecule has 1 N–H and O–H groups in total. The van der Waals surface area contributed by atoms with E-state index < -0.39 is 12.1 Å². The smallest absolute Gasteiger partial charge is 0.163 e. The summed E-state index contributed by atoms with van der Waals surface area (Å²) in [5.41, 5.74) is 1.06. The van der Waals surface area contributed by atoms with Crippen LogP contribution < -0.4 is 0 Å². The van der Waals surface area contributed by atoms with Gasteiger partial charge >= 0.3 is 0 Å². The fourth-order valence-electron chi connectivity index (χ4n) is 4.13. The van der Waals surface area contributed by atoms with Gasteiger partial charge in [0.1, 0.15) is 11.9 Å². The number of rotatable bonds is 9. The van der Waals surface area contributed by atoms with Gasteiger partial charge in [-0.2, -0.15) is 0 Å². The second kappa shape index (κ2) is 10.1. The van der Waals surface area contributed by atoms with Crippen LogP contribution in [0.4, 0.5) is 0 Å². The quantitative estimate of drug-likeness (QED) is 0.503. The molecule has 6 nitrogen and oxygen atoms in total. The Morgan fingerprint density at radius 3 is 2.69 bits per heavy atom. The third kappa shape index (κ3) is 6.86. The van der Waals surface area contributed by atoms with Gasteiger partial charge in [0.15, 0.2) is 12.1 Å². The largest absolute Gasteiger partial charge is 0.368 e. The van der Waals surface area contributed by atoms with E-state index in [-0.39, 0.29) is 23.9 Å². The number of aliphatic hydroxyl groups is 1. The minimum atomic E-state index is -0.762. The van der Waals surface area contributed by atoms with Crippen molar-refractivity contribution in [3.8, 4) is 0 Å². The Labute approximate surface area is 174 Å². The van der Waals surface area contributed by atoms with Crippen molar-refractivity contribution in [3.05, 3.63) is 35.9 Å². The number of fused-ring (bicyclic) bond motifs is 1. The molecule has 2 fully saturated rings. The maximum Gasteiger partial charge on any atom is 0.163 e. The molecule has 2 aliphatic heterocycles. The van der Waals surface area contributed by atoms with Crippen molar-refractivity contribution >= 4 is 5.78 Å². The van der Waals surface area contributed by atoms with Crippen LogP contribution in [0.2, 0.25) is 0 Å². The first-order valence-corrected chi connectivity index (χ1v) is 10.8. The van der Waals surface area contributed by atoms with E-state index in [1.807, 2.05) is 51.1 Å². The lowest BCUT2D eigenvalue weighted by atomic mass is 10.0. The lowest BCUT2D eigenvalue weighted by molar-refractivity contribution is -0.152. The molecule has 162 valence electrons. The van der Waals surface area contributed by atoms with Gasteiger partial charge in [-0.1, -0.05) is 43.7 Å². The van der Waals surface area contributed by atoms with E-state index in [0.717, 1.165) is 37.9 Å². The molecule has 3 rings (SSSR count). The summed E-state index contributed by atoms with van der Waals surface area (Å²) < 4.78 is 17.5. The minimum absolute atomic E-state index is 0.0383. The zero-order chi connectivity index (χ0) is 20.9. The summed E-state index contributed by atoms with van der Waals surface area (Å²) >= 11 is 0. The van der Waals surface area contributed by atoms with Crippen molar-refractivity contribution in [1.29, 1.82) is 0 Å². The minimum Gasteiger partial charge on any atom is -0.368 e. The fourth-order valence-corrected chi connectivity index (χ4v) is 4.13. The third-order valence-corrected chi connectivity index (χ3v) is 5.69. The van der Waals surface area contributed by atoms with Crippen molar-refractivity contribution in [2.24, 2.45) is 5.92 Å². The summed E-state index contributed by atoms with van der Waals surface area (Å²) in [6, 6.07) is 9.88. The van der Waals surface area contributed by atoms with Crippen LogP contribution in [-0.4, -0.2) is 59.7 Å². The fraction of sp³-hybridized carbons (Fsp3) is 0.696. The molecule has 6 heteroatoms. The molecule has 0 amide bonds. The number of hydrogen-bond acceptors (Lipinski definition) is 6. The summed E-state index contributed by atoms with van der Waals surface area (Å²) in [5, 5.41) is 10.2. The number of nitrogens with zero attached hydrogens (tertiary/aromatic N) is 1. The standard InChI is InChI=1S/C23H35NO5/c1-17(22(26)27-16-18-10-5-4-6-11-18)9-7-8-12-24-14-19(25)13-20-21(15-24)29-23(2,3)28-20/h4-6,10-11,17,20-22,26H,7-9,12-16H2,1-3H3/t17-,20-,21+,22?/m0/s1. The molecule has 0 aromatic heterocycles. The van der Waals surface area contributed by atoms with Gasteiger partial charge in [0, 0.05) is 18.9 Å². The summed E-state index contributed by atoms with van der Waals surface area (Å²) in [7, 11) is 0. The number of aliphatic hydroxyl groups excluding tert-OH is 1.